The van der Waals surface area contributed by atoms with Gasteiger partial charge in [0.25, 0.3) is 0 Å². The molecule has 1 N–H and O–H groups in total. The molecule has 1 aromatic carbocycles. The number of hydrogen-bond donors (Lipinski definition) is 1. The Morgan fingerprint density at radius 3 is 2.44 bits per heavy atom. The van der Waals surface area contributed by atoms with Gasteiger partial charge < -0.3 is 4.74 Å². The van der Waals surface area contributed by atoms with E-state index in [-0.39, 0.29) is 6.54 Å². The summed E-state index contributed by atoms with van der Waals surface area (Å²) in [7, 11) is 0. The van der Waals surface area contributed by atoms with Crippen LogP contribution in [0.3, 0.4) is 0 Å². The number of amides is 4. The molecule has 94 valence electrons. The van der Waals surface area contributed by atoms with E-state index in [0.717, 1.165) is 10.6 Å². The fraction of sp³-hybridized carbons (Fsp3) is 0.250. The van der Waals surface area contributed by atoms with E-state index >= 15 is 0 Å². The summed E-state index contributed by atoms with van der Waals surface area (Å²) in [6.07, 6.45) is 0.474. The molecule has 2 rings (SSSR count). The molecule has 6 nitrogen and oxygen atoms in total. The second-order valence-corrected chi connectivity index (χ2v) is 3.73. The topological polar surface area (TPSA) is 75.7 Å². The van der Waals surface area contributed by atoms with Crippen LogP contribution in [0.2, 0.25) is 0 Å². The molecule has 1 aliphatic heterocycles. The van der Waals surface area contributed by atoms with Crippen LogP contribution in [0.4, 0.5) is 4.79 Å². The lowest BCUT2D eigenvalue weighted by atomic mass is 10.3. The van der Waals surface area contributed by atoms with Crippen LogP contribution in [0, 0.1) is 0 Å². The summed E-state index contributed by atoms with van der Waals surface area (Å²) in [5.41, 5.74) is 0. The molecule has 18 heavy (non-hydrogen) atoms. The molecule has 1 saturated heterocycles. The van der Waals surface area contributed by atoms with Gasteiger partial charge >= 0.3 is 17.8 Å². The summed E-state index contributed by atoms with van der Waals surface area (Å²) in [5.74, 6) is -0.950. The van der Waals surface area contributed by atoms with E-state index in [4.69, 9.17) is 4.74 Å². The fourth-order valence-corrected chi connectivity index (χ4v) is 1.57. The summed E-state index contributed by atoms with van der Waals surface area (Å²) in [6, 6.07) is 8.56. The second-order valence-electron chi connectivity index (χ2n) is 3.73. The van der Waals surface area contributed by atoms with Crippen molar-refractivity contribution < 1.29 is 19.1 Å². The van der Waals surface area contributed by atoms with Gasteiger partial charge in [-0.15, -0.1) is 0 Å². The van der Waals surface area contributed by atoms with E-state index in [0.29, 0.717) is 13.0 Å². The number of para-hydroxylation sites is 1. The van der Waals surface area contributed by atoms with E-state index in [9.17, 15) is 14.4 Å². The largest absolute Gasteiger partial charge is 0.494 e. The Hall–Kier alpha value is -2.37. The highest BCUT2D eigenvalue weighted by molar-refractivity contribution is 6.44. The van der Waals surface area contributed by atoms with Gasteiger partial charge in [0.05, 0.1) is 6.61 Å². The van der Waals surface area contributed by atoms with E-state index < -0.39 is 17.8 Å². The molecule has 0 aromatic heterocycles. The van der Waals surface area contributed by atoms with Gasteiger partial charge in [-0.3, -0.25) is 19.8 Å². The fourth-order valence-electron chi connectivity index (χ4n) is 1.57. The Morgan fingerprint density at radius 1 is 1.11 bits per heavy atom. The van der Waals surface area contributed by atoms with Gasteiger partial charge in [-0.2, -0.15) is 0 Å². The summed E-state index contributed by atoms with van der Waals surface area (Å²) in [5, 5.41) is 1.93. The molecule has 1 aliphatic rings. The third-order valence-electron chi connectivity index (χ3n) is 2.44. The molecule has 0 aliphatic carbocycles. The zero-order valence-corrected chi connectivity index (χ0v) is 9.59. The van der Waals surface area contributed by atoms with Crippen molar-refractivity contribution in [3.8, 4) is 5.75 Å². The predicted molar refractivity (Wildman–Crippen MR) is 61.8 cm³/mol. The first-order valence-corrected chi connectivity index (χ1v) is 5.53. The lowest BCUT2D eigenvalue weighted by molar-refractivity contribution is -0.140. The van der Waals surface area contributed by atoms with E-state index in [1.807, 2.05) is 35.6 Å². The maximum atomic E-state index is 11.2. The third-order valence-corrected chi connectivity index (χ3v) is 2.44. The number of nitrogens with one attached hydrogen (secondary N) is 1. The Balaban J connectivity index is 1.75. The molecular weight excluding hydrogens is 236 g/mol. The minimum Gasteiger partial charge on any atom is -0.494 e. The van der Waals surface area contributed by atoms with Gasteiger partial charge in [-0.1, -0.05) is 18.2 Å². The molecule has 1 heterocycles. The van der Waals surface area contributed by atoms with Crippen molar-refractivity contribution in [2.75, 3.05) is 13.2 Å². The Morgan fingerprint density at radius 2 is 1.83 bits per heavy atom. The van der Waals surface area contributed by atoms with Crippen LogP contribution in [0.25, 0.3) is 0 Å². The zero-order valence-electron chi connectivity index (χ0n) is 9.59. The average molecular weight is 248 g/mol. The highest BCUT2D eigenvalue weighted by atomic mass is 16.5. The first-order chi connectivity index (χ1) is 8.68. The molecule has 0 bridgehead atoms. The molecule has 1 fully saturated rings. The summed E-state index contributed by atoms with van der Waals surface area (Å²) in [4.78, 5) is 34.2. The predicted octanol–water partition coefficient (Wildman–Crippen LogP) is 0.534. The number of rotatable bonds is 5. The Labute approximate surface area is 104 Å². The van der Waals surface area contributed by atoms with Crippen LogP contribution in [0.1, 0.15) is 6.42 Å². The van der Waals surface area contributed by atoms with Crippen LogP contribution >= 0.6 is 0 Å². The van der Waals surface area contributed by atoms with Gasteiger partial charge in [0.2, 0.25) is 0 Å². The maximum absolute atomic E-state index is 11.2. The van der Waals surface area contributed by atoms with E-state index in [2.05, 4.69) is 0 Å². The number of ether oxygens (including phenoxy) is 1. The Bertz CT molecular complexity index is 472. The number of carbonyl (C=O) groups excluding carboxylic acids is 3. The van der Waals surface area contributed by atoms with Crippen LogP contribution in [0.15, 0.2) is 30.3 Å². The molecular formula is C12H12N2O4. The maximum Gasteiger partial charge on any atom is 0.331 e. The second kappa shape index (κ2) is 5.31. The van der Waals surface area contributed by atoms with Gasteiger partial charge in [-0.05, 0) is 18.6 Å². The van der Waals surface area contributed by atoms with Crippen molar-refractivity contribution in [3.05, 3.63) is 30.3 Å². The van der Waals surface area contributed by atoms with Crippen molar-refractivity contribution in [2.45, 2.75) is 6.42 Å². The lowest BCUT2D eigenvalue weighted by Crippen LogP contribution is -2.32. The number of nitrogens with zero attached hydrogens (tertiary/aromatic N) is 1. The highest BCUT2D eigenvalue weighted by Gasteiger charge is 2.36. The van der Waals surface area contributed by atoms with Crippen LogP contribution in [-0.4, -0.2) is 35.9 Å². The lowest BCUT2D eigenvalue weighted by Gasteiger charge is -2.11. The molecule has 4 amide bonds. The molecule has 0 saturated carbocycles. The van der Waals surface area contributed by atoms with Crippen molar-refractivity contribution in [1.29, 1.82) is 0 Å². The average Bonchev–Trinajstić information content (AvgIpc) is 2.61. The van der Waals surface area contributed by atoms with E-state index in [1.54, 1.807) is 0 Å². The van der Waals surface area contributed by atoms with Crippen molar-refractivity contribution in [2.24, 2.45) is 0 Å². The number of urea groups is 1. The standard InChI is InChI=1S/C12H12N2O4/c15-10-11(16)14(12(17)13-10)7-4-8-18-9-5-2-1-3-6-9/h1-3,5-6H,4,7-8H2,(H,13,15,17). The van der Waals surface area contributed by atoms with Gasteiger partial charge in [0.15, 0.2) is 0 Å². The van der Waals surface area contributed by atoms with Gasteiger partial charge in [0.1, 0.15) is 5.75 Å². The quantitative estimate of drug-likeness (QED) is 0.468. The summed E-state index contributed by atoms with van der Waals surface area (Å²) < 4.78 is 5.41. The summed E-state index contributed by atoms with van der Waals surface area (Å²) >= 11 is 0. The first kappa shape index (κ1) is 12.1. The van der Waals surface area contributed by atoms with Crippen LogP contribution < -0.4 is 10.1 Å². The molecule has 0 spiro atoms. The van der Waals surface area contributed by atoms with Gasteiger partial charge in [0, 0.05) is 6.54 Å². The van der Waals surface area contributed by atoms with Gasteiger partial charge in [-0.25, -0.2) is 4.79 Å². The number of imide groups is 2. The molecule has 0 radical (unpaired) electrons. The molecule has 1 aromatic rings. The molecule has 0 atom stereocenters. The number of hydrogen-bond acceptors (Lipinski definition) is 4. The Kier molecular flexibility index (Phi) is 3.57. The van der Waals surface area contributed by atoms with Crippen molar-refractivity contribution in [3.63, 3.8) is 0 Å². The minimum absolute atomic E-state index is 0.170. The molecule has 6 heteroatoms. The third kappa shape index (κ3) is 2.65. The zero-order chi connectivity index (χ0) is 13.0. The highest BCUT2D eigenvalue weighted by Crippen LogP contribution is 2.09. The van der Waals surface area contributed by atoms with Crippen LogP contribution in [-0.2, 0) is 9.59 Å². The first-order valence-electron chi connectivity index (χ1n) is 5.53. The smallest absolute Gasteiger partial charge is 0.331 e. The molecule has 0 unspecified atom stereocenters. The minimum atomic E-state index is -0.871. The van der Waals surface area contributed by atoms with Crippen LogP contribution in [0.5, 0.6) is 5.75 Å². The van der Waals surface area contributed by atoms with Crippen molar-refractivity contribution >= 4 is 17.8 Å². The SMILES string of the molecule is O=C1NC(=O)N(CCCOc2ccccc2)C1=O. The van der Waals surface area contributed by atoms with Crippen molar-refractivity contribution in [1.82, 2.24) is 10.2 Å². The van der Waals surface area contributed by atoms with E-state index in [1.165, 1.54) is 0 Å². The monoisotopic (exact) mass is 248 g/mol. The number of benzene rings is 1. The number of carbonyl (C=O) groups is 3. The normalized spacial score (nSPS) is 14.9. The summed E-state index contributed by atoms with van der Waals surface area (Å²) in [6.45, 7) is 0.540.